The summed E-state index contributed by atoms with van der Waals surface area (Å²) in [5, 5.41) is 0. The second kappa shape index (κ2) is 10.3. The maximum absolute atomic E-state index is 13.3. The molecule has 3 aromatic rings. The van der Waals surface area contributed by atoms with Gasteiger partial charge in [-0.1, -0.05) is 37.6 Å². The van der Waals surface area contributed by atoms with Crippen molar-refractivity contribution in [2.45, 2.75) is 39.3 Å². The summed E-state index contributed by atoms with van der Waals surface area (Å²) in [6.45, 7) is 2.72. The van der Waals surface area contributed by atoms with Crippen LogP contribution in [0.1, 0.15) is 47.0 Å². The van der Waals surface area contributed by atoms with E-state index in [2.05, 4.69) is 6.92 Å². The monoisotopic (exact) mass is 441 g/mol. The molecule has 2 aromatic carbocycles. The van der Waals surface area contributed by atoms with Crippen LogP contribution in [0.3, 0.4) is 0 Å². The van der Waals surface area contributed by atoms with Crippen molar-refractivity contribution in [2.75, 3.05) is 6.26 Å². The summed E-state index contributed by atoms with van der Waals surface area (Å²) in [4.78, 5) is 14.9. The molecule has 0 aliphatic rings. The maximum Gasteiger partial charge on any atom is 0.306 e. The van der Waals surface area contributed by atoms with Gasteiger partial charge in [-0.15, -0.1) is 0 Å². The van der Waals surface area contributed by atoms with Gasteiger partial charge in [0.25, 0.3) is 5.91 Å². The Balaban J connectivity index is 1.81. The molecule has 1 heterocycles. The minimum absolute atomic E-state index is 0.132. The van der Waals surface area contributed by atoms with Gasteiger partial charge >= 0.3 is 10.1 Å². The number of amides is 1. The Labute approximate surface area is 183 Å². The van der Waals surface area contributed by atoms with Gasteiger partial charge in [0, 0.05) is 12.1 Å². The molecule has 0 fully saturated rings. The van der Waals surface area contributed by atoms with Gasteiger partial charge in [-0.05, 0) is 60.4 Å². The fraction of sp³-hybridized carbons (Fsp3) is 0.292. The average Bonchev–Trinajstić information content (AvgIpc) is 3.24. The van der Waals surface area contributed by atoms with E-state index in [1.165, 1.54) is 5.56 Å². The summed E-state index contributed by atoms with van der Waals surface area (Å²) in [5.74, 6) is 0.745. The SMILES string of the molecule is CCCCc1ccc(C(=O)N(Cc2cccc(OS(C)(=O)=O)c2)Cc2ccco2)cc1. The Bertz CT molecular complexity index is 1090. The molecule has 1 amide bonds. The highest BCUT2D eigenvalue weighted by Gasteiger charge is 2.18. The van der Waals surface area contributed by atoms with E-state index in [4.69, 9.17) is 8.60 Å². The first-order valence-electron chi connectivity index (χ1n) is 10.2. The van der Waals surface area contributed by atoms with Gasteiger partial charge in [0.1, 0.15) is 11.5 Å². The van der Waals surface area contributed by atoms with Gasteiger partial charge in [-0.3, -0.25) is 4.79 Å². The van der Waals surface area contributed by atoms with Crippen LogP contribution < -0.4 is 4.18 Å². The molecule has 0 spiro atoms. The number of hydrogen-bond acceptors (Lipinski definition) is 5. The number of nitrogens with zero attached hydrogens (tertiary/aromatic N) is 1. The van der Waals surface area contributed by atoms with Gasteiger partial charge < -0.3 is 13.5 Å². The smallest absolute Gasteiger partial charge is 0.306 e. The van der Waals surface area contributed by atoms with Crippen LogP contribution >= 0.6 is 0 Å². The van der Waals surface area contributed by atoms with Gasteiger partial charge in [0.15, 0.2) is 0 Å². The van der Waals surface area contributed by atoms with Gasteiger partial charge in [0.2, 0.25) is 0 Å². The molecule has 0 atom stereocenters. The number of benzene rings is 2. The molecule has 0 aliphatic heterocycles. The molecule has 0 saturated heterocycles. The standard InChI is InChI=1S/C24H27NO5S/c1-3-4-7-19-11-13-21(14-12-19)24(26)25(18-23-10-6-15-29-23)17-20-8-5-9-22(16-20)30-31(2,27)28/h5-6,8-16H,3-4,7,17-18H2,1-2H3. The van der Waals surface area contributed by atoms with Crippen molar-refractivity contribution in [2.24, 2.45) is 0 Å². The van der Waals surface area contributed by atoms with E-state index in [9.17, 15) is 13.2 Å². The lowest BCUT2D eigenvalue weighted by molar-refractivity contribution is 0.0717. The number of unbranched alkanes of at least 4 members (excludes halogenated alkanes) is 1. The Morgan fingerprint density at radius 2 is 1.77 bits per heavy atom. The van der Waals surface area contributed by atoms with Crippen LogP contribution in [0.25, 0.3) is 0 Å². The van der Waals surface area contributed by atoms with E-state index in [0.717, 1.165) is 31.1 Å². The molecule has 1 aromatic heterocycles. The van der Waals surface area contributed by atoms with E-state index in [0.29, 0.717) is 17.9 Å². The molecule has 0 radical (unpaired) electrons. The Morgan fingerprint density at radius 3 is 2.42 bits per heavy atom. The lowest BCUT2D eigenvalue weighted by atomic mass is 10.1. The van der Waals surface area contributed by atoms with Crippen molar-refractivity contribution in [1.29, 1.82) is 0 Å². The van der Waals surface area contributed by atoms with Crippen LogP contribution in [0.5, 0.6) is 5.75 Å². The first-order valence-corrected chi connectivity index (χ1v) is 12.0. The largest absolute Gasteiger partial charge is 0.467 e. The van der Waals surface area contributed by atoms with Crippen LogP contribution in [0.2, 0.25) is 0 Å². The summed E-state index contributed by atoms with van der Waals surface area (Å²) in [7, 11) is -3.63. The highest BCUT2D eigenvalue weighted by atomic mass is 32.2. The number of carbonyl (C=O) groups excluding carboxylic acids is 1. The number of carbonyl (C=O) groups is 1. The van der Waals surface area contributed by atoms with Gasteiger partial charge in [-0.25, -0.2) is 0 Å². The summed E-state index contributed by atoms with van der Waals surface area (Å²) in [6, 6.07) is 18.0. The first-order chi connectivity index (χ1) is 14.8. The third-order valence-corrected chi connectivity index (χ3v) is 5.25. The average molecular weight is 442 g/mol. The van der Waals surface area contributed by atoms with Crippen LogP contribution in [0.4, 0.5) is 0 Å². The van der Waals surface area contributed by atoms with Crippen molar-refractivity contribution in [1.82, 2.24) is 4.90 Å². The fourth-order valence-corrected chi connectivity index (χ4v) is 3.71. The van der Waals surface area contributed by atoms with E-state index in [1.54, 1.807) is 35.4 Å². The first kappa shape index (κ1) is 22.6. The lowest BCUT2D eigenvalue weighted by Gasteiger charge is -2.22. The predicted octanol–water partition coefficient (Wildman–Crippen LogP) is 4.80. The second-order valence-corrected chi connectivity index (χ2v) is 9.05. The Morgan fingerprint density at radius 1 is 1.00 bits per heavy atom. The lowest BCUT2D eigenvalue weighted by Crippen LogP contribution is -2.30. The summed E-state index contributed by atoms with van der Waals surface area (Å²) in [5.41, 5.74) is 2.55. The van der Waals surface area contributed by atoms with E-state index >= 15 is 0 Å². The van der Waals surface area contributed by atoms with Crippen molar-refractivity contribution in [3.8, 4) is 5.75 Å². The van der Waals surface area contributed by atoms with Crippen molar-refractivity contribution >= 4 is 16.0 Å². The number of aryl methyl sites for hydroxylation is 1. The maximum atomic E-state index is 13.3. The van der Waals surface area contributed by atoms with Crippen molar-refractivity contribution in [3.63, 3.8) is 0 Å². The summed E-state index contributed by atoms with van der Waals surface area (Å²) >= 11 is 0. The zero-order chi connectivity index (χ0) is 22.3. The quantitative estimate of drug-likeness (QED) is 0.422. The van der Waals surface area contributed by atoms with E-state index in [-0.39, 0.29) is 18.2 Å². The molecule has 31 heavy (non-hydrogen) atoms. The van der Waals surface area contributed by atoms with Crippen molar-refractivity contribution in [3.05, 3.63) is 89.4 Å². The Hall–Kier alpha value is -3.06. The third kappa shape index (κ3) is 7.00. The zero-order valence-corrected chi connectivity index (χ0v) is 18.6. The molecule has 164 valence electrons. The molecule has 0 saturated carbocycles. The minimum atomic E-state index is -3.63. The molecule has 3 rings (SSSR count). The normalized spacial score (nSPS) is 11.3. The number of rotatable bonds is 10. The molecule has 0 bridgehead atoms. The van der Waals surface area contributed by atoms with Gasteiger partial charge in [-0.2, -0.15) is 8.42 Å². The van der Waals surface area contributed by atoms with Crippen LogP contribution in [-0.4, -0.2) is 25.5 Å². The van der Waals surface area contributed by atoms with E-state index < -0.39 is 10.1 Å². The molecule has 0 unspecified atom stereocenters. The van der Waals surface area contributed by atoms with Gasteiger partial charge in [0.05, 0.1) is 19.1 Å². The predicted molar refractivity (Wildman–Crippen MR) is 119 cm³/mol. The number of furan rings is 1. The molecular weight excluding hydrogens is 414 g/mol. The number of hydrogen-bond donors (Lipinski definition) is 0. The van der Waals surface area contributed by atoms with Crippen LogP contribution in [-0.2, 0) is 29.6 Å². The zero-order valence-electron chi connectivity index (χ0n) is 17.8. The van der Waals surface area contributed by atoms with Crippen molar-refractivity contribution < 1.29 is 21.8 Å². The molecule has 7 heteroatoms. The molecule has 0 N–H and O–H groups in total. The summed E-state index contributed by atoms with van der Waals surface area (Å²) in [6.07, 6.45) is 5.80. The topological polar surface area (TPSA) is 76.8 Å². The molecule has 0 aliphatic carbocycles. The molecular formula is C24H27NO5S. The second-order valence-electron chi connectivity index (χ2n) is 7.48. The fourth-order valence-electron chi connectivity index (χ4n) is 3.26. The highest BCUT2D eigenvalue weighted by Crippen LogP contribution is 2.20. The summed E-state index contributed by atoms with van der Waals surface area (Å²) < 4.78 is 33.3. The minimum Gasteiger partial charge on any atom is -0.467 e. The third-order valence-electron chi connectivity index (χ3n) is 4.75. The van der Waals surface area contributed by atoms with E-state index in [1.807, 2.05) is 36.4 Å². The van der Waals surface area contributed by atoms with Crippen LogP contribution in [0.15, 0.2) is 71.3 Å². The van der Waals surface area contributed by atoms with Crippen LogP contribution in [0, 0.1) is 0 Å². The molecule has 6 nitrogen and oxygen atoms in total. The highest BCUT2D eigenvalue weighted by molar-refractivity contribution is 7.86. The Kier molecular flexibility index (Phi) is 7.52.